The summed E-state index contributed by atoms with van der Waals surface area (Å²) in [4.78, 5) is 38.4. The third-order valence-electron chi connectivity index (χ3n) is 5.92. The highest BCUT2D eigenvalue weighted by Crippen LogP contribution is 2.42. The Balaban J connectivity index is 2.04. The normalized spacial score (nSPS) is 16.9. The number of aliphatic carboxylic acids is 1. The summed E-state index contributed by atoms with van der Waals surface area (Å²) in [6.45, 7) is 0.225. The second kappa shape index (κ2) is 11.4. The van der Waals surface area contributed by atoms with Crippen molar-refractivity contribution in [3.05, 3.63) is 59.2 Å². The first-order chi connectivity index (χ1) is 16.8. The van der Waals surface area contributed by atoms with E-state index in [9.17, 15) is 19.5 Å². The van der Waals surface area contributed by atoms with Gasteiger partial charge in [0.05, 0.1) is 32.9 Å². The number of aliphatic hydroxyl groups excluding tert-OH is 1. The molecule has 9 nitrogen and oxygen atoms in total. The van der Waals surface area contributed by atoms with Crippen LogP contribution in [0.4, 0.5) is 0 Å². The molecular formula is C26H29NO8. The first-order valence-corrected chi connectivity index (χ1v) is 11.2. The van der Waals surface area contributed by atoms with Crippen LogP contribution >= 0.6 is 0 Å². The van der Waals surface area contributed by atoms with Gasteiger partial charge in [0, 0.05) is 18.5 Å². The Hall–Kier alpha value is -4.01. The van der Waals surface area contributed by atoms with Gasteiger partial charge in [-0.05, 0) is 54.8 Å². The third-order valence-corrected chi connectivity index (χ3v) is 5.92. The average Bonchev–Trinajstić information content (AvgIpc) is 3.12. The van der Waals surface area contributed by atoms with Gasteiger partial charge in [-0.15, -0.1) is 0 Å². The zero-order valence-corrected chi connectivity index (χ0v) is 19.9. The Kier molecular flexibility index (Phi) is 8.35. The molecule has 0 unspecified atom stereocenters. The summed E-state index contributed by atoms with van der Waals surface area (Å²) < 4.78 is 15.9. The molecule has 2 N–H and O–H groups in total. The van der Waals surface area contributed by atoms with E-state index in [0.29, 0.717) is 47.6 Å². The van der Waals surface area contributed by atoms with E-state index >= 15 is 0 Å². The predicted octanol–water partition coefficient (Wildman–Crippen LogP) is 3.78. The van der Waals surface area contributed by atoms with Crippen LogP contribution in [0.15, 0.2) is 48.0 Å². The monoisotopic (exact) mass is 483 g/mol. The maximum absolute atomic E-state index is 13.1. The van der Waals surface area contributed by atoms with Gasteiger partial charge < -0.3 is 29.3 Å². The summed E-state index contributed by atoms with van der Waals surface area (Å²) in [5, 5.41) is 20.0. The minimum absolute atomic E-state index is 0.0297. The van der Waals surface area contributed by atoms with Crippen LogP contribution < -0.4 is 14.2 Å². The molecule has 1 amide bonds. The number of benzene rings is 2. The molecular weight excluding hydrogens is 454 g/mol. The van der Waals surface area contributed by atoms with Gasteiger partial charge in [-0.1, -0.05) is 12.5 Å². The van der Waals surface area contributed by atoms with Crippen LogP contribution in [0, 0.1) is 0 Å². The Bertz CT molecular complexity index is 1120. The average molecular weight is 484 g/mol. The number of hydrogen-bond acceptors (Lipinski definition) is 7. The number of hydrogen-bond donors (Lipinski definition) is 2. The molecule has 0 saturated carbocycles. The molecule has 2 aromatic rings. The van der Waals surface area contributed by atoms with E-state index in [1.165, 1.54) is 26.2 Å². The minimum Gasteiger partial charge on any atom is -0.507 e. The van der Waals surface area contributed by atoms with E-state index in [-0.39, 0.29) is 24.3 Å². The quantitative estimate of drug-likeness (QED) is 0.214. The molecule has 1 aliphatic rings. The first kappa shape index (κ1) is 25.6. The lowest BCUT2D eigenvalue weighted by Gasteiger charge is -2.26. The summed E-state index contributed by atoms with van der Waals surface area (Å²) in [5.74, 6) is -1.20. The third kappa shape index (κ3) is 5.56. The van der Waals surface area contributed by atoms with Gasteiger partial charge in [0.2, 0.25) is 0 Å². The largest absolute Gasteiger partial charge is 0.507 e. The van der Waals surface area contributed by atoms with E-state index in [1.54, 1.807) is 42.5 Å². The van der Waals surface area contributed by atoms with Gasteiger partial charge in [-0.3, -0.25) is 14.4 Å². The second-order valence-corrected chi connectivity index (χ2v) is 8.04. The Morgan fingerprint density at radius 1 is 0.886 bits per heavy atom. The fourth-order valence-electron chi connectivity index (χ4n) is 4.12. The van der Waals surface area contributed by atoms with Crippen LogP contribution in [0.3, 0.4) is 0 Å². The van der Waals surface area contributed by atoms with E-state index < -0.39 is 23.7 Å². The number of carboxylic acid groups (broad SMARTS) is 1. The van der Waals surface area contributed by atoms with Crippen LogP contribution in [-0.2, 0) is 14.4 Å². The number of carboxylic acids is 1. The van der Waals surface area contributed by atoms with Crippen LogP contribution in [0.25, 0.3) is 5.76 Å². The zero-order chi connectivity index (χ0) is 25.5. The van der Waals surface area contributed by atoms with Crippen molar-refractivity contribution in [1.29, 1.82) is 0 Å². The fourth-order valence-corrected chi connectivity index (χ4v) is 4.12. The van der Waals surface area contributed by atoms with Crippen molar-refractivity contribution in [3.63, 3.8) is 0 Å². The molecule has 2 aromatic carbocycles. The van der Waals surface area contributed by atoms with Crippen molar-refractivity contribution < 1.29 is 38.8 Å². The topological polar surface area (TPSA) is 123 Å². The summed E-state index contributed by atoms with van der Waals surface area (Å²) in [5.41, 5.74) is 0.913. The van der Waals surface area contributed by atoms with E-state index in [1.807, 2.05) is 0 Å². The molecule has 1 atom stereocenters. The van der Waals surface area contributed by atoms with Crippen molar-refractivity contribution >= 4 is 23.4 Å². The first-order valence-electron chi connectivity index (χ1n) is 11.2. The highest BCUT2D eigenvalue weighted by molar-refractivity contribution is 6.46. The van der Waals surface area contributed by atoms with Gasteiger partial charge in [-0.25, -0.2) is 0 Å². The molecule has 186 valence electrons. The molecule has 0 bridgehead atoms. The molecule has 9 heteroatoms. The van der Waals surface area contributed by atoms with Crippen LogP contribution in [0.1, 0.15) is 42.9 Å². The van der Waals surface area contributed by atoms with E-state index in [2.05, 4.69) is 0 Å². The number of carbonyl (C=O) groups is 3. The SMILES string of the molecule is COc1ccc(/C(O)=C2/C(=O)C(=O)N(CCCCCC(=O)O)[C@@H]2c2ccc(OC)c(OC)c2)cc1. The van der Waals surface area contributed by atoms with E-state index in [0.717, 1.165) is 0 Å². The number of rotatable bonds is 11. The highest BCUT2D eigenvalue weighted by Gasteiger charge is 2.46. The van der Waals surface area contributed by atoms with Gasteiger partial charge in [0.1, 0.15) is 11.5 Å². The van der Waals surface area contributed by atoms with Gasteiger partial charge in [-0.2, -0.15) is 0 Å². The van der Waals surface area contributed by atoms with Gasteiger partial charge >= 0.3 is 5.97 Å². The van der Waals surface area contributed by atoms with Gasteiger partial charge in [0.25, 0.3) is 11.7 Å². The van der Waals surface area contributed by atoms with Crippen molar-refractivity contribution in [2.75, 3.05) is 27.9 Å². The number of Topliss-reactive ketones (excluding diaryl/α,β-unsaturated/α-hetero) is 1. The van der Waals surface area contributed by atoms with Crippen LogP contribution in [0.2, 0.25) is 0 Å². The van der Waals surface area contributed by atoms with Crippen molar-refractivity contribution in [1.82, 2.24) is 4.90 Å². The maximum atomic E-state index is 13.1. The molecule has 1 aliphatic heterocycles. The van der Waals surface area contributed by atoms with Crippen LogP contribution in [-0.4, -0.2) is 60.6 Å². The number of unbranched alkanes of at least 4 members (excludes halogenated alkanes) is 2. The molecule has 0 radical (unpaired) electrons. The standard InChI is InChI=1S/C26H29NO8/c1-33-18-11-8-16(9-12-18)24(30)22-23(17-10-13-19(34-2)20(15-17)35-3)27(26(32)25(22)31)14-6-4-5-7-21(28)29/h8-13,15,23,30H,4-7,14H2,1-3H3,(H,28,29)/b24-22-/t23-/m1/s1. The molecule has 1 heterocycles. The smallest absolute Gasteiger partial charge is 0.303 e. The number of aliphatic hydroxyl groups is 1. The predicted molar refractivity (Wildman–Crippen MR) is 128 cm³/mol. The summed E-state index contributed by atoms with van der Waals surface area (Å²) >= 11 is 0. The molecule has 0 spiro atoms. The molecule has 1 fully saturated rings. The lowest BCUT2D eigenvalue weighted by molar-refractivity contribution is -0.140. The Labute approximate surface area is 203 Å². The lowest BCUT2D eigenvalue weighted by atomic mass is 9.95. The van der Waals surface area contributed by atoms with Crippen molar-refractivity contribution in [2.45, 2.75) is 31.7 Å². The van der Waals surface area contributed by atoms with E-state index in [4.69, 9.17) is 19.3 Å². The molecule has 35 heavy (non-hydrogen) atoms. The Morgan fingerprint density at radius 2 is 1.57 bits per heavy atom. The number of carbonyl (C=O) groups excluding carboxylic acids is 2. The zero-order valence-electron chi connectivity index (χ0n) is 19.9. The lowest BCUT2D eigenvalue weighted by Crippen LogP contribution is -2.30. The minimum atomic E-state index is -0.879. The van der Waals surface area contributed by atoms with Crippen molar-refractivity contribution in [3.8, 4) is 17.2 Å². The highest BCUT2D eigenvalue weighted by atomic mass is 16.5. The second-order valence-electron chi connectivity index (χ2n) is 8.04. The number of ether oxygens (including phenoxy) is 3. The summed E-state index contributed by atoms with van der Waals surface area (Å²) in [7, 11) is 4.51. The van der Waals surface area contributed by atoms with Crippen molar-refractivity contribution in [2.24, 2.45) is 0 Å². The molecule has 0 aromatic heterocycles. The number of ketones is 1. The Morgan fingerprint density at radius 3 is 2.17 bits per heavy atom. The fraction of sp³-hybridized carbons (Fsp3) is 0.346. The summed E-state index contributed by atoms with van der Waals surface area (Å²) in [6, 6.07) is 10.7. The number of methoxy groups -OCH3 is 3. The number of likely N-dealkylation sites (tertiary alicyclic amines) is 1. The van der Waals surface area contributed by atoms with Gasteiger partial charge in [0.15, 0.2) is 11.5 Å². The van der Waals surface area contributed by atoms with Crippen LogP contribution in [0.5, 0.6) is 17.2 Å². The number of nitrogens with zero attached hydrogens (tertiary/aromatic N) is 1. The maximum Gasteiger partial charge on any atom is 0.303 e. The number of amides is 1. The summed E-state index contributed by atoms with van der Waals surface area (Å²) in [6.07, 6.45) is 1.58. The molecule has 1 saturated heterocycles. The molecule has 3 rings (SSSR count). The molecule has 0 aliphatic carbocycles.